The van der Waals surface area contributed by atoms with Crippen LogP contribution in [0.15, 0.2) is 80.9 Å². The molecule has 1 aliphatic carbocycles. The highest BCUT2D eigenvalue weighted by Gasteiger charge is 2.49. The Bertz CT molecular complexity index is 2470. The number of nitrogens with zero attached hydrogens (tertiary/aromatic N) is 4. The van der Waals surface area contributed by atoms with Crippen LogP contribution < -0.4 is 4.90 Å². The number of nitriles is 2. The molecule has 2 aromatic rings. The highest BCUT2D eigenvalue weighted by atomic mass is 32.2. The zero-order valence-corrected chi connectivity index (χ0v) is 34.3. The molecule has 2 heterocycles. The average Bonchev–Trinajstić information content (AvgIpc) is 3.48. The second-order valence-corrected chi connectivity index (χ2v) is 18.6. The first kappa shape index (κ1) is 43.8. The molecule has 0 saturated heterocycles. The number of fused-ring (bicyclic) bond motifs is 2. The van der Waals surface area contributed by atoms with Crippen molar-refractivity contribution in [1.29, 1.82) is 10.5 Å². The molecule has 2 aromatic carbocycles. The first-order valence-corrected chi connectivity index (χ1v) is 21.7. The molecule has 5 N–H and O–H groups in total. The van der Waals surface area contributed by atoms with E-state index in [0.717, 1.165) is 0 Å². The number of benzene rings is 2. The standard InChI is InChI=1S/C41H46N4O11S2/c1-40(2)30-19-26(57(51,52)53)13-15-32(30)44(17-9-5-7-11-36(46)47)34(40)21-28-38(25(23-42)24-43)29(39(28)50)22-35-41(3,4)31-20-27(58(54,55)56)14-16-33(31)45(35)18-10-6-8-12-37(48)49/h13-16,19-22,25,38H,5-12,17-18H2,1-4H3,(H4-,46,47,48,49,50,51,52,53,54,55,56)/p+1. The van der Waals surface area contributed by atoms with Crippen molar-refractivity contribution in [3.8, 4) is 12.1 Å². The predicted molar refractivity (Wildman–Crippen MR) is 212 cm³/mol. The molecule has 0 amide bonds. The van der Waals surface area contributed by atoms with E-state index < -0.39 is 54.8 Å². The molecule has 0 bridgehead atoms. The number of aliphatic carboxylic acids is 2. The van der Waals surface area contributed by atoms with Gasteiger partial charge in [-0.2, -0.15) is 31.9 Å². The molecule has 0 spiro atoms. The molecule has 3 aliphatic rings. The number of aliphatic hydroxyl groups is 1. The van der Waals surface area contributed by atoms with Crippen LogP contribution in [0.2, 0.25) is 0 Å². The van der Waals surface area contributed by atoms with Crippen molar-refractivity contribution in [2.24, 2.45) is 11.8 Å². The number of anilines is 1. The molecule has 308 valence electrons. The second-order valence-electron chi connectivity index (χ2n) is 15.8. The average molecular weight is 836 g/mol. The lowest BCUT2D eigenvalue weighted by Crippen LogP contribution is -2.34. The highest BCUT2D eigenvalue weighted by molar-refractivity contribution is 7.86. The quantitative estimate of drug-likeness (QED) is 0.0643. The van der Waals surface area contributed by atoms with Crippen molar-refractivity contribution >= 4 is 49.3 Å². The van der Waals surface area contributed by atoms with Gasteiger partial charge in [-0.1, -0.05) is 20.3 Å². The van der Waals surface area contributed by atoms with E-state index in [0.29, 0.717) is 85.5 Å². The van der Waals surface area contributed by atoms with Gasteiger partial charge in [-0.15, -0.1) is 0 Å². The van der Waals surface area contributed by atoms with Crippen molar-refractivity contribution < 1.29 is 55.4 Å². The molecule has 5 rings (SSSR count). The van der Waals surface area contributed by atoms with Gasteiger partial charge in [0, 0.05) is 77.4 Å². The van der Waals surface area contributed by atoms with Crippen LogP contribution in [0.3, 0.4) is 0 Å². The maximum absolute atomic E-state index is 12.2. The van der Waals surface area contributed by atoms with E-state index in [1.54, 1.807) is 24.3 Å². The van der Waals surface area contributed by atoms with Crippen molar-refractivity contribution in [2.45, 2.75) is 99.7 Å². The van der Waals surface area contributed by atoms with Gasteiger partial charge in [0.25, 0.3) is 20.2 Å². The first-order chi connectivity index (χ1) is 27.0. The molecule has 0 aromatic heterocycles. The maximum Gasteiger partial charge on any atom is 0.303 e. The summed E-state index contributed by atoms with van der Waals surface area (Å²) in [5.74, 6) is -4.21. The summed E-state index contributed by atoms with van der Waals surface area (Å²) in [4.78, 5) is 23.6. The summed E-state index contributed by atoms with van der Waals surface area (Å²) < 4.78 is 70.3. The number of allylic oxidation sites excluding steroid dienone is 5. The number of hydrogen-bond acceptors (Lipinski definition) is 10. The summed E-state index contributed by atoms with van der Waals surface area (Å²) >= 11 is 0. The summed E-state index contributed by atoms with van der Waals surface area (Å²) in [6.45, 7) is 8.12. The minimum Gasteiger partial charge on any atom is -0.507 e. The smallest absolute Gasteiger partial charge is 0.303 e. The number of carboxylic acids is 2. The van der Waals surface area contributed by atoms with Crippen LogP contribution in [0.4, 0.5) is 11.4 Å². The fourth-order valence-corrected chi connectivity index (χ4v) is 9.19. The van der Waals surface area contributed by atoms with Gasteiger partial charge in [0.05, 0.1) is 27.3 Å². The largest absolute Gasteiger partial charge is 0.507 e. The van der Waals surface area contributed by atoms with Crippen LogP contribution in [0, 0.1) is 34.5 Å². The Labute approximate surface area is 338 Å². The van der Waals surface area contributed by atoms with Crippen molar-refractivity contribution in [2.75, 3.05) is 18.0 Å². The van der Waals surface area contributed by atoms with Gasteiger partial charge in [0.2, 0.25) is 5.69 Å². The van der Waals surface area contributed by atoms with E-state index in [1.165, 1.54) is 24.3 Å². The topological polar surface area (TPSA) is 257 Å². The Morgan fingerprint density at radius 3 is 1.91 bits per heavy atom. The third-order valence-corrected chi connectivity index (χ3v) is 13.0. The van der Waals surface area contributed by atoms with Crippen molar-refractivity contribution in [1.82, 2.24) is 0 Å². The van der Waals surface area contributed by atoms with Crippen LogP contribution >= 0.6 is 0 Å². The third-order valence-electron chi connectivity index (χ3n) is 11.3. The van der Waals surface area contributed by atoms with E-state index in [4.69, 9.17) is 10.2 Å². The van der Waals surface area contributed by atoms with Gasteiger partial charge >= 0.3 is 11.9 Å². The molecule has 1 unspecified atom stereocenters. The number of hydrogen-bond donors (Lipinski definition) is 5. The Balaban J connectivity index is 1.65. The molecule has 15 nitrogen and oxygen atoms in total. The number of carbonyl (C=O) groups is 2. The summed E-state index contributed by atoms with van der Waals surface area (Å²) in [5.41, 5.74) is 2.33. The molecule has 0 fully saturated rings. The van der Waals surface area contributed by atoms with Crippen molar-refractivity contribution in [3.05, 3.63) is 82.3 Å². The van der Waals surface area contributed by atoms with E-state index in [2.05, 4.69) is 0 Å². The van der Waals surface area contributed by atoms with Crippen LogP contribution in [0.25, 0.3) is 0 Å². The molecule has 1 atom stereocenters. The SMILES string of the molecule is CC1(C)C(/C=C2C(O)=C(/C=C3/N(CCCCCC(=O)O)c4ccc(S(=O)(=O)O)cc4C3(C)C)C\2C(C#N)C#N)=[N+](CCCCCC(=O)O)c2ccc(S(=O)(=O)O)cc21. The highest BCUT2D eigenvalue weighted by Crippen LogP contribution is 2.53. The van der Waals surface area contributed by atoms with Gasteiger partial charge in [0.1, 0.15) is 18.2 Å². The summed E-state index contributed by atoms with van der Waals surface area (Å²) in [6.07, 6.45) is 6.50. The van der Waals surface area contributed by atoms with Crippen LogP contribution in [-0.2, 0) is 40.7 Å². The molecular weight excluding hydrogens is 789 g/mol. The Kier molecular flexibility index (Phi) is 12.5. The van der Waals surface area contributed by atoms with E-state index >= 15 is 0 Å². The first-order valence-electron chi connectivity index (χ1n) is 18.8. The second kappa shape index (κ2) is 16.5. The molecule has 2 aliphatic heterocycles. The summed E-state index contributed by atoms with van der Waals surface area (Å²) in [6, 6.07) is 12.6. The van der Waals surface area contributed by atoms with Crippen molar-refractivity contribution in [3.63, 3.8) is 0 Å². The van der Waals surface area contributed by atoms with Gasteiger partial charge in [-0.05, 0) is 81.5 Å². The fourth-order valence-electron chi connectivity index (χ4n) is 8.18. The maximum atomic E-state index is 12.2. The van der Waals surface area contributed by atoms with Gasteiger partial charge in [-0.3, -0.25) is 18.7 Å². The van der Waals surface area contributed by atoms with E-state index in [1.807, 2.05) is 49.3 Å². The summed E-state index contributed by atoms with van der Waals surface area (Å²) in [7, 11) is -9.13. The Morgan fingerprint density at radius 1 is 0.810 bits per heavy atom. The lowest BCUT2D eigenvalue weighted by Gasteiger charge is -2.35. The van der Waals surface area contributed by atoms with Crippen LogP contribution in [0.5, 0.6) is 0 Å². The van der Waals surface area contributed by atoms with Gasteiger partial charge in [0.15, 0.2) is 5.71 Å². The minimum atomic E-state index is -4.56. The fraction of sp³-hybridized carbons (Fsp3) is 0.439. The number of aliphatic hydroxyl groups excluding tert-OH is 1. The van der Waals surface area contributed by atoms with E-state index in [-0.39, 0.29) is 39.5 Å². The normalized spacial score (nSPS) is 19.6. The molecule has 17 heteroatoms. The third kappa shape index (κ3) is 8.59. The minimum absolute atomic E-state index is 0.00546. The zero-order valence-electron chi connectivity index (χ0n) is 32.6. The lowest BCUT2D eigenvalue weighted by molar-refractivity contribution is -0.438. The van der Waals surface area contributed by atoms with Crippen LogP contribution in [0.1, 0.15) is 90.2 Å². The zero-order chi connectivity index (χ0) is 43.0. The number of unbranched alkanes of at least 4 members (excludes halogenated alkanes) is 4. The molecule has 0 saturated carbocycles. The molecule has 0 radical (unpaired) electrons. The Morgan fingerprint density at radius 2 is 1.36 bits per heavy atom. The summed E-state index contributed by atoms with van der Waals surface area (Å²) in [5, 5.41) is 50.6. The Hall–Kier alpha value is -5.33. The molecular formula is C41H47N4O11S2+. The number of rotatable bonds is 17. The van der Waals surface area contributed by atoms with Crippen LogP contribution in [-0.4, -0.2) is 76.6 Å². The van der Waals surface area contributed by atoms with E-state index in [9.17, 15) is 51.2 Å². The van der Waals surface area contributed by atoms with Gasteiger partial charge in [-0.25, -0.2) is 0 Å². The lowest BCUT2D eigenvalue weighted by atomic mass is 9.68. The predicted octanol–water partition coefficient (Wildman–Crippen LogP) is 6.56. The molecule has 58 heavy (non-hydrogen) atoms. The number of carboxylic acid groups (broad SMARTS) is 2. The monoisotopic (exact) mass is 835 g/mol. The van der Waals surface area contributed by atoms with Gasteiger partial charge < -0.3 is 20.2 Å².